The Morgan fingerprint density at radius 2 is 1.43 bits per heavy atom. The van der Waals surface area contributed by atoms with Crippen LogP contribution in [0.5, 0.6) is 0 Å². The van der Waals surface area contributed by atoms with Gasteiger partial charge in [-0.1, -0.05) is 33.1 Å². The third-order valence-electron chi connectivity index (χ3n) is 2.56. The molecule has 0 N–H and O–H groups in total. The van der Waals surface area contributed by atoms with Gasteiger partial charge in [0.15, 0.2) is 0 Å². The first-order valence-corrected chi connectivity index (χ1v) is 4.50. The zero-order chi connectivity index (χ0) is 9.94. The molecule has 0 atom stereocenters. The Balaban J connectivity index is -0.000000284. The summed E-state index contributed by atoms with van der Waals surface area (Å²) in [7, 11) is 0. The summed E-state index contributed by atoms with van der Waals surface area (Å²) in [6.45, 7) is 10.9. The van der Waals surface area contributed by atoms with Crippen molar-refractivity contribution in [1.82, 2.24) is 0 Å². The standard InChI is InChI=1S/C10H15.2ClH.O.V/c1-7-6-10(4,5)9(3)8(7)2;;;;/h1-5H3;2*1H;;/q-1;;;;+2/p-2. The molecule has 0 heterocycles. The average Bonchev–Trinajstić information content (AvgIpc) is 2.19. The van der Waals surface area contributed by atoms with Crippen molar-refractivity contribution in [2.24, 2.45) is 5.41 Å². The quantitative estimate of drug-likeness (QED) is 0.430. The Morgan fingerprint density at radius 1 is 1.07 bits per heavy atom. The molecule has 0 bridgehead atoms. The van der Waals surface area contributed by atoms with Gasteiger partial charge in [0.1, 0.15) is 0 Å². The zero-order valence-corrected chi connectivity index (χ0v) is 12.0. The van der Waals surface area contributed by atoms with Crippen LogP contribution in [0.15, 0.2) is 16.7 Å². The van der Waals surface area contributed by atoms with Crippen LogP contribution in [0.4, 0.5) is 0 Å². The summed E-state index contributed by atoms with van der Waals surface area (Å²) in [5, 5.41) is 0. The van der Waals surface area contributed by atoms with E-state index in [0.29, 0.717) is 0 Å². The average molecular weight is 273 g/mol. The van der Waals surface area contributed by atoms with Gasteiger partial charge in [0, 0.05) is 0 Å². The molecule has 0 amide bonds. The number of rotatable bonds is 0. The predicted octanol–water partition coefficient (Wildman–Crippen LogP) is -3.00. The van der Waals surface area contributed by atoms with Crippen LogP contribution in [0, 0.1) is 11.5 Å². The molecule has 1 aliphatic carbocycles. The van der Waals surface area contributed by atoms with Gasteiger partial charge in [0.05, 0.1) is 0 Å². The van der Waals surface area contributed by atoms with Gasteiger partial charge >= 0.3 is 21.0 Å². The van der Waals surface area contributed by atoms with Crippen LogP contribution in [0.25, 0.3) is 0 Å². The van der Waals surface area contributed by atoms with E-state index < -0.39 is 0 Å². The fourth-order valence-electron chi connectivity index (χ4n) is 1.41. The molecule has 0 aromatic heterocycles. The molecule has 4 heteroatoms. The van der Waals surface area contributed by atoms with Crippen molar-refractivity contribution in [3.05, 3.63) is 22.8 Å². The first-order valence-electron chi connectivity index (χ1n) is 3.93. The van der Waals surface area contributed by atoms with E-state index in [1.165, 1.54) is 16.7 Å². The monoisotopic (exact) mass is 272 g/mol. The van der Waals surface area contributed by atoms with E-state index in [0.717, 1.165) is 17.4 Å². The van der Waals surface area contributed by atoms with Gasteiger partial charge in [0.25, 0.3) is 0 Å². The number of hydrogen-bond acceptors (Lipinski definition) is 1. The Hall–Kier alpha value is 0.444. The number of halogens is 2. The van der Waals surface area contributed by atoms with E-state index in [-0.39, 0.29) is 30.2 Å². The van der Waals surface area contributed by atoms with E-state index in [1.54, 1.807) is 0 Å². The number of hydrogen-bond donors (Lipinski definition) is 0. The topological polar surface area (TPSA) is 17.1 Å². The van der Waals surface area contributed by atoms with Gasteiger partial charge < -0.3 is 24.8 Å². The van der Waals surface area contributed by atoms with Gasteiger partial charge in [0.2, 0.25) is 0 Å². The van der Waals surface area contributed by atoms with Crippen LogP contribution in [0.2, 0.25) is 0 Å². The van der Waals surface area contributed by atoms with Crippen LogP contribution < -0.4 is 24.8 Å². The van der Waals surface area contributed by atoms with Crippen molar-refractivity contribution in [2.45, 2.75) is 34.6 Å². The zero-order valence-electron chi connectivity index (χ0n) is 9.11. The van der Waals surface area contributed by atoms with E-state index >= 15 is 0 Å². The maximum absolute atomic E-state index is 8.19. The summed E-state index contributed by atoms with van der Waals surface area (Å²) in [4.78, 5) is 0. The normalized spacial score (nSPS) is 17.2. The SMILES string of the molecule is CC1=[C-]C(C)(C)C(C)=C1C.[Cl-].[Cl-].[O]=[V+2]. The summed E-state index contributed by atoms with van der Waals surface area (Å²) < 4.78 is 8.19. The molecule has 0 saturated heterocycles. The minimum absolute atomic E-state index is 0. The summed E-state index contributed by atoms with van der Waals surface area (Å²) in [5.41, 5.74) is 4.39. The van der Waals surface area contributed by atoms with E-state index in [2.05, 4.69) is 40.7 Å². The Labute approximate surface area is 108 Å². The first kappa shape index (κ1) is 19.9. The van der Waals surface area contributed by atoms with Crippen molar-refractivity contribution in [3.63, 3.8) is 0 Å². The molecular weight excluding hydrogens is 258 g/mol. The van der Waals surface area contributed by atoms with Crippen molar-refractivity contribution in [1.29, 1.82) is 0 Å². The summed E-state index contributed by atoms with van der Waals surface area (Å²) >= 11 is 1.06. The van der Waals surface area contributed by atoms with E-state index in [1.807, 2.05) is 0 Å². The molecule has 1 rings (SSSR count). The van der Waals surface area contributed by atoms with Crippen LogP contribution >= 0.6 is 0 Å². The first-order chi connectivity index (χ1) is 5.45. The molecule has 14 heavy (non-hydrogen) atoms. The van der Waals surface area contributed by atoms with Crippen LogP contribution in [-0.4, -0.2) is 0 Å². The van der Waals surface area contributed by atoms with Gasteiger partial charge in [-0.2, -0.15) is 11.1 Å². The molecule has 0 aliphatic heterocycles. The summed E-state index contributed by atoms with van der Waals surface area (Å²) in [6, 6.07) is 0. The Kier molecular flexibility index (Phi) is 11.0. The fourth-order valence-corrected chi connectivity index (χ4v) is 1.41. The molecule has 1 nitrogen and oxygen atoms in total. The molecule has 0 unspecified atom stereocenters. The van der Waals surface area contributed by atoms with Crippen LogP contribution in [-0.2, 0) is 21.0 Å². The van der Waals surface area contributed by atoms with E-state index in [4.69, 9.17) is 3.67 Å². The second-order valence-electron chi connectivity index (χ2n) is 3.62. The van der Waals surface area contributed by atoms with Gasteiger partial charge in [-0.05, 0) is 0 Å². The minimum atomic E-state index is 0. The number of allylic oxidation sites excluding steroid dienone is 4. The molecule has 0 radical (unpaired) electrons. The fraction of sp³-hybridized carbons (Fsp3) is 0.600. The predicted molar refractivity (Wildman–Crippen MR) is 45.3 cm³/mol. The van der Waals surface area contributed by atoms with Crippen LogP contribution in [0.1, 0.15) is 34.6 Å². The summed E-state index contributed by atoms with van der Waals surface area (Å²) in [5.74, 6) is 0. The molecule has 0 aromatic carbocycles. The molecule has 0 spiro atoms. The maximum atomic E-state index is 8.19. The van der Waals surface area contributed by atoms with E-state index in [9.17, 15) is 0 Å². The van der Waals surface area contributed by atoms with Gasteiger partial charge in [-0.3, -0.25) is 6.08 Å². The Morgan fingerprint density at radius 3 is 1.50 bits per heavy atom. The molecule has 0 saturated carbocycles. The van der Waals surface area contributed by atoms with Crippen LogP contribution in [0.3, 0.4) is 0 Å². The Bertz CT molecular complexity index is 245. The molecule has 0 aromatic rings. The van der Waals surface area contributed by atoms with Crippen molar-refractivity contribution < 1.29 is 45.9 Å². The van der Waals surface area contributed by atoms with Gasteiger partial charge in [-0.25, -0.2) is 5.57 Å². The second-order valence-corrected chi connectivity index (χ2v) is 3.62. The van der Waals surface area contributed by atoms with Crippen molar-refractivity contribution in [2.75, 3.05) is 0 Å². The molecule has 0 fully saturated rings. The van der Waals surface area contributed by atoms with Crippen molar-refractivity contribution >= 4 is 0 Å². The van der Waals surface area contributed by atoms with Crippen molar-refractivity contribution in [3.8, 4) is 0 Å². The van der Waals surface area contributed by atoms with Gasteiger partial charge in [-0.15, -0.1) is 6.92 Å². The third-order valence-corrected chi connectivity index (χ3v) is 2.56. The second kappa shape index (κ2) is 7.70. The summed E-state index contributed by atoms with van der Waals surface area (Å²) in [6.07, 6.45) is 3.44. The third kappa shape index (κ3) is 4.31. The molecule has 81 valence electrons. The molecular formula is C10H15Cl2OV-. The molecule has 1 aliphatic rings.